The molecule has 0 fully saturated rings. The maximum absolute atomic E-state index is 12.0. The van der Waals surface area contributed by atoms with Gasteiger partial charge in [-0.15, -0.1) is 12.4 Å². The fourth-order valence-electron chi connectivity index (χ4n) is 1.02. The Morgan fingerprint density at radius 1 is 1.33 bits per heavy atom. The molecule has 86 valence electrons. The summed E-state index contributed by atoms with van der Waals surface area (Å²) in [7, 11) is 0. The third-order valence-corrected chi connectivity index (χ3v) is 2.19. The smallest absolute Gasteiger partial charge is 0.240 e. The summed E-state index contributed by atoms with van der Waals surface area (Å²) in [6.45, 7) is 0. The van der Waals surface area contributed by atoms with Crippen molar-refractivity contribution in [3.05, 3.63) is 28.0 Å². The van der Waals surface area contributed by atoms with Gasteiger partial charge in [0.1, 0.15) is 10.3 Å². The third-order valence-electron chi connectivity index (χ3n) is 1.68. The Morgan fingerprint density at radius 3 is 2.40 bits per heavy atom. The van der Waals surface area contributed by atoms with Crippen molar-refractivity contribution < 1.29 is 8.78 Å². The molecule has 1 aromatic heterocycles. The second-order valence-corrected chi connectivity index (χ2v) is 3.49. The third kappa shape index (κ3) is 4.47. The highest BCUT2D eigenvalue weighted by Gasteiger charge is 2.16. The number of nitrogens with two attached hydrogens (primary N) is 1. The molecule has 0 unspecified atom stereocenters. The molecule has 0 radical (unpaired) electrons. The second kappa shape index (κ2) is 6.43. The molecule has 15 heavy (non-hydrogen) atoms. The van der Waals surface area contributed by atoms with E-state index in [-0.39, 0.29) is 22.7 Å². The summed E-state index contributed by atoms with van der Waals surface area (Å²) >= 11 is 11.2. The van der Waals surface area contributed by atoms with Crippen LogP contribution in [-0.4, -0.2) is 11.4 Å². The number of halogens is 5. The zero-order valence-electron chi connectivity index (χ0n) is 7.46. The predicted molar refractivity (Wildman–Crippen MR) is 59.1 cm³/mol. The normalized spacial score (nSPS) is 12.4. The average Bonchev–Trinajstić information content (AvgIpc) is 2.01. The van der Waals surface area contributed by atoms with Gasteiger partial charge in [0.15, 0.2) is 0 Å². The van der Waals surface area contributed by atoms with Crippen LogP contribution in [0.15, 0.2) is 12.1 Å². The molecule has 0 aliphatic heterocycles. The van der Waals surface area contributed by atoms with E-state index >= 15 is 0 Å². The molecule has 0 saturated carbocycles. The van der Waals surface area contributed by atoms with E-state index in [9.17, 15) is 8.78 Å². The zero-order chi connectivity index (χ0) is 10.7. The van der Waals surface area contributed by atoms with Crippen LogP contribution in [0.25, 0.3) is 0 Å². The van der Waals surface area contributed by atoms with Crippen LogP contribution in [0.1, 0.15) is 18.0 Å². The Kier molecular flexibility index (Phi) is 6.36. The maximum Gasteiger partial charge on any atom is 0.240 e. The number of alkyl halides is 2. The summed E-state index contributed by atoms with van der Waals surface area (Å²) in [6.07, 6.45) is -2.90. The van der Waals surface area contributed by atoms with Gasteiger partial charge in [-0.1, -0.05) is 29.3 Å². The molecule has 1 rings (SSSR count). The first-order chi connectivity index (χ1) is 6.50. The highest BCUT2D eigenvalue weighted by Crippen LogP contribution is 2.25. The van der Waals surface area contributed by atoms with Crippen molar-refractivity contribution >= 4 is 35.6 Å². The highest BCUT2D eigenvalue weighted by molar-refractivity contribution is 6.32. The van der Waals surface area contributed by atoms with Gasteiger partial charge in [0, 0.05) is 18.0 Å². The summed E-state index contributed by atoms with van der Waals surface area (Å²) < 4.78 is 24.0. The summed E-state index contributed by atoms with van der Waals surface area (Å²) in [5.74, 6) is 0. The first-order valence-electron chi connectivity index (χ1n) is 3.86. The number of hydrogen-bond acceptors (Lipinski definition) is 2. The van der Waals surface area contributed by atoms with E-state index < -0.39 is 18.9 Å². The van der Waals surface area contributed by atoms with E-state index in [0.717, 1.165) is 0 Å². The van der Waals surface area contributed by atoms with E-state index in [1.165, 1.54) is 12.1 Å². The molecule has 0 aromatic carbocycles. The number of aromatic nitrogens is 1. The molecule has 0 amide bonds. The summed E-state index contributed by atoms with van der Waals surface area (Å²) in [5, 5.41) is 0.286. The lowest BCUT2D eigenvalue weighted by Gasteiger charge is -2.12. The van der Waals surface area contributed by atoms with Crippen LogP contribution in [0.3, 0.4) is 0 Å². The minimum absolute atomic E-state index is 0. The molecule has 0 aliphatic carbocycles. The van der Waals surface area contributed by atoms with Crippen molar-refractivity contribution in [3.63, 3.8) is 0 Å². The number of hydrogen-bond donors (Lipinski definition) is 1. The monoisotopic (exact) mass is 276 g/mol. The first kappa shape index (κ1) is 14.8. The zero-order valence-corrected chi connectivity index (χ0v) is 9.79. The summed E-state index contributed by atoms with van der Waals surface area (Å²) in [6, 6.07) is 2.16. The molecule has 1 atom stereocenters. The SMILES string of the molecule is Cl.N[C@@H](CC(F)F)c1ccc(Cl)nc1Cl. The Balaban J connectivity index is 0.00000196. The lowest BCUT2D eigenvalue weighted by molar-refractivity contribution is 0.128. The molecule has 0 bridgehead atoms. The molecular weight excluding hydrogens is 268 g/mol. The molecule has 1 heterocycles. The summed E-state index contributed by atoms with van der Waals surface area (Å²) in [4.78, 5) is 3.71. The van der Waals surface area contributed by atoms with Gasteiger partial charge < -0.3 is 5.73 Å². The average molecular weight is 278 g/mol. The Morgan fingerprint density at radius 2 is 1.93 bits per heavy atom. The van der Waals surface area contributed by atoms with Crippen molar-refractivity contribution in [1.82, 2.24) is 4.98 Å². The van der Waals surface area contributed by atoms with Crippen LogP contribution < -0.4 is 5.73 Å². The highest BCUT2D eigenvalue weighted by atomic mass is 35.5. The van der Waals surface area contributed by atoms with Crippen LogP contribution in [0.2, 0.25) is 10.3 Å². The number of rotatable bonds is 3. The van der Waals surface area contributed by atoms with Crippen molar-refractivity contribution in [2.24, 2.45) is 5.73 Å². The van der Waals surface area contributed by atoms with Gasteiger partial charge in [0.2, 0.25) is 6.43 Å². The standard InChI is InChI=1S/C8H8Cl2F2N2.ClH/c9-6-2-1-4(8(10)14-6)5(13)3-7(11)12;/h1-2,5,7H,3,13H2;1H/t5-;/m0./s1. The largest absolute Gasteiger partial charge is 0.324 e. The predicted octanol–water partition coefficient (Wildman–Crippen LogP) is 3.47. The number of pyridine rings is 1. The first-order valence-corrected chi connectivity index (χ1v) is 4.62. The van der Waals surface area contributed by atoms with E-state index in [0.29, 0.717) is 5.56 Å². The molecule has 2 nitrogen and oxygen atoms in total. The van der Waals surface area contributed by atoms with Crippen LogP contribution >= 0.6 is 35.6 Å². The van der Waals surface area contributed by atoms with Gasteiger partial charge in [0.05, 0.1) is 0 Å². The molecule has 0 saturated heterocycles. The van der Waals surface area contributed by atoms with E-state index in [1.807, 2.05) is 0 Å². The molecule has 1 aromatic rings. The second-order valence-electron chi connectivity index (χ2n) is 2.75. The van der Waals surface area contributed by atoms with E-state index in [2.05, 4.69) is 4.98 Å². The Hall–Kier alpha value is -0.160. The molecule has 0 spiro atoms. The van der Waals surface area contributed by atoms with Gasteiger partial charge in [0.25, 0.3) is 0 Å². The minimum atomic E-state index is -2.46. The van der Waals surface area contributed by atoms with Crippen LogP contribution in [0.5, 0.6) is 0 Å². The lowest BCUT2D eigenvalue weighted by Crippen LogP contribution is -2.14. The van der Waals surface area contributed by atoms with E-state index in [4.69, 9.17) is 28.9 Å². The topological polar surface area (TPSA) is 38.9 Å². The fraction of sp³-hybridized carbons (Fsp3) is 0.375. The minimum Gasteiger partial charge on any atom is -0.324 e. The molecule has 0 aliphatic rings. The van der Waals surface area contributed by atoms with Crippen LogP contribution in [0, 0.1) is 0 Å². The van der Waals surface area contributed by atoms with E-state index in [1.54, 1.807) is 0 Å². The van der Waals surface area contributed by atoms with Crippen LogP contribution in [0.4, 0.5) is 8.78 Å². The Labute approximate surface area is 102 Å². The van der Waals surface area contributed by atoms with Crippen molar-refractivity contribution in [1.29, 1.82) is 0 Å². The van der Waals surface area contributed by atoms with Gasteiger partial charge in [-0.05, 0) is 6.07 Å². The Bertz CT molecular complexity index is 323. The van der Waals surface area contributed by atoms with Gasteiger partial charge in [-0.25, -0.2) is 13.8 Å². The van der Waals surface area contributed by atoms with Gasteiger partial charge in [-0.3, -0.25) is 0 Å². The van der Waals surface area contributed by atoms with Gasteiger partial charge in [-0.2, -0.15) is 0 Å². The van der Waals surface area contributed by atoms with Gasteiger partial charge >= 0.3 is 0 Å². The van der Waals surface area contributed by atoms with Crippen molar-refractivity contribution in [2.75, 3.05) is 0 Å². The number of nitrogens with zero attached hydrogens (tertiary/aromatic N) is 1. The van der Waals surface area contributed by atoms with Crippen molar-refractivity contribution in [2.45, 2.75) is 18.9 Å². The van der Waals surface area contributed by atoms with Crippen molar-refractivity contribution in [3.8, 4) is 0 Å². The molecule has 7 heteroatoms. The van der Waals surface area contributed by atoms with Crippen LogP contribution in [-0.2, 0) is 0 Å². The summed E-state index contributed by atoms with van der Waals surface area (Å²) in [5.41, 5.74) is 5.88. The fourth-order valence-corrected chi connectivity index (χ4v) is 1.50. The quantitative estimate of drug-likeness (QED) is 0.859. The molecule has 2 N–H and O–H groups in total. The lowest BCUT2D eigenvalue weighted by atomic mass is 10.1. The molecular formula is C8H9Cl3F2N2. The maximum atomic E-state index is 12.0.